The van der Waals surface area contributed by atoms with Crippen LogP contribution in [0, 0.1) is 0 Å². The van der Waals surface area contributed by atoms with Crippen molar-refractivity contribution in [1.82, 2.24) is 4.98 Å². The van der Waals surface area contributed by atoms with Crippen molar-refractivity contribution in [2.24, 2.45) is 0 Å². The van der Waals surface area contributed by atoms with E-state index in [9.17, 15) is 14.4 Å². The number of amides is 2. The smallest absolute Gasteiger partial charge is 0.338 e. The minimum atomic E-state index is -0.465. The number of thiazole rings is 1. The van der Waals surface area contributed by atoms with Crippen molar-refractivity contribution in [3.8, 4) is 11.5 Å². The van der Waals surface area contributed by atoms with Crippen LogP contribution in [0.4, 0.5) is 10.8 Å². The Bertz CT molecular complexity index is 1170. The molecule has 3 rings (SSSR count). The zero-order chi connectivity index (χ0) is 25.2. The van der Waals surface area contributed by atoms with Crippen molar-refractivity contribution in [1.29, 1.82) is 0 Å². The van der Waals surface area contributed by atoms with Crippen molar-refractivity contribution in [3.63, 3.8) is 0 Å². The SMILES string of the molecule is CCOC(=O)c1cccc(NC(=O)CCC(=O)N(Cc2ccc(OC)c(OC)c2)c2nccs2)c1. The summed E-state index contributed by atoms with van der Waals surface area (Å²) in [5.41, 5.74) is 1.62. The number of hydrogen-bond acceptors (Lipinski definition) is 8. The van der Waals surface area contributed by atoms with Crippen molar-refractivity contribution >= 4 is 39.9 Å². The van der Waals surface area contributed by atoms with Crippen LogP contribution in [0.1, 0.15) is 35.7 Å². The molecular weight excluding hydrogens is 470 g/mol. The van der Waals surface area contributed by atoms with Crippen LogP contribution in [0.5, 0.6) is 11.5 Å². The first-order valence-electron chi connectivity index (χ1n) is 10.9. The van der Waals surface area contributed by atoms with Gasteiger partial charge in [0.1, 0.15) is 0 Å². The second-order valence-electron chi connectivity index (χ2n) is 7.33. The topological polar surface area (TPSA) is 107 Å². The van der Waals surface area contributed by atoms with Crippen molar-refractivity contribution in [3.05, 3.63) is 65.2 Å². The Labute approximate surface area is 207 Å². The van der Waals surface area contributed by atoms with Crippen molar-refractivity contribution < 1.29 is 28.6 Å². The molecule has 1 aromatic heterocycles. The van der Waals surface area contributed by atoms with E-state index in [1.54, 1.807) is 68.0 Å². The summed E-state index contributed by atoms with van der Waals surface area (Å²) in [6.07, 6.45) is 1.57. The lowest BCUT2D eigenvalue weighted by atomic mass is 10.1. The Morgan fingerprint density at radius 1 is 1.03 bits per heavy atom. The Morgan fingerprint density at radius 3 is 2.51 bits per heavy atom. The minimum Gasteiger partial charge on any atom is -0.493 e. The van der Waals surface area contributed by atoms with Crippen molar-refractivity contribution in [2.75, 3.05) is 31.0 Å². The molecule has 184 valence electrons. The molecule has 1 N–H and O–H groups in total. The second-order valence-corrected chi connectivity index (χ2v) is 8.21. The first kappa shape index (κ1) is 25.7. The number of nitrogens with one attached hydrogen (secondary N) is 1. The largest absolute Gasteiger partial charge is 0.493 e. The molecule has 10 heteroatoms. The standard InChI is InChI=1S/C25H27N3O6S/c1-4-34-24(31)18-6-5-7-19(15-18)27-22(29)10-11-23(30)28(25-26-12-13-35-25)16-17-8-9-20(32-2)21(14-17)33-3/h5-9,12-15H,4,10-11,16H2,1-3H3,(H,27,29). The van der Waals surface area contributed by atoms with Gasteiger partial charge in [-0.2, -0.15) is 0 Å². The monoisotopic (exact) mass is 497 g/mol. The van der Waals surface area contributed by atoms with E-state index in [1.807, 2.05) is 6.07 Å². The molecule has 0 fully saturated rings. The number of anilines is 2. The number of methoxy groups -OCH3 is 2. The summed E-state index contributed by atoms with van der Waals surface area (Å²) in [4.78, 5) is 43.3. The average Bonchev–Trinajstić information content (AvgIpc) is 3.40. The fourth-order valence-corrected chi connectivity index (χ4v) is 3.95. The molecule has 3 aromatic rings. The van der Waals surface area contributed by atoms with Crippen LogP contribution in [0.25, 0.3) is 0 Å². The van der Waals surface area contributed by atoms with Crippen LogP contribution in [0.15, 0.2) is 54.0 Å². The van der Waals surface area contributed by atoms with E-state index in [2.05, 4.69) is 10.3 Å². The number of nitrogens with zero attached hydrogens (tertiary/aromatic N) is 2. The molecule has 0 spiro atoms. The summed E-state index contributed by atoms with van der Waals surface area (Å²) in [7, 11) is 3.10. The van der Waals surface area contributed by atoms with E-state index in [0.29, 0.717) is 27.9 Å². The number of carbonyl (C=O) groups excluding carboxylic acids is 3. The molecule has 0 saturated heterocycles. The summed E-state index contributed by atoms with van der Waals surface area (Å²) < 4.78 is 15.6. The normalized spacial score (nSPS) is 10.4. The van der Waals surface area contributed by atoms with Crippen LogP contribution < -0.4 is 19.7 Å². The van der Waals surface area contributed by atoms with E-state index in [4.69, 9.17) is 14.2 Å². The predicted octanol–water partition coefficient (Wildman–Crippen LogP) is 4.29. The molecule has 2 amide bonds. The molecule has 0 bridgehead atoms. The molecule has 1 heterocycles. The fraction of sp³-hybridized carbons (Fsp3) is 0.280. The molecule has 0 radical (unpaired) electrons. The van der Waals surface area contributed by atoms with Gasteiger partial charge in [0.2, 0.25) is 11.8 Å². The van der Waals surface area contributed by atoms with Crippen LogP contribution in [-0.2, 0) is 20.9 Å². The number of carbonyl (C=O) groups is 3. The van der Waals surface area contributed by atoms with Gasteiger partial charge in [-0.3, -0.25) is 14.5 Å². The van der Waals surface area contributed by atoms with Gasteiger partial charge >= 0.3 is 5.97 Å². The summed E-state index contributed by atoms with van der Waals surface area (Å²) in [5.74, 6) is 0.0933. The van der Waals surface area contributed by atoms with Gasteiger partial charge in [-0.05, 0) is 42.8 Å². The zero-order valence-electron chi connectivity index (χ0n) is 19.8. The lowest BCUT2D eigenvalue weighted by Gasteiger charge is -2.21. The van der Waals surface area contributed by atoms with E-state index in [-0.39, 0.29) is 37.8 Å². The highest BCUT2D eigenvalue weighted by Gasteiger charge is 2.20. The number of esters is 1. The third-order valence-corrected chi connectivity index (χ3v) is 5.76. The summed E-state index contributed by atoms with van der Waals surface area (Å²) >= 11 is 1.34. The fourth-order valence-electron chi connectivity index (χ4n) is 3.29. The first-order chi connectivity index (χ1) is 16.9. The maximum atomic E-state index is 13.1. The van der Waals surface area contributed by atoms with Crippen LogP contribution in [0.3, 0.4) is 0 Å². The van der Waals surface area contributed by atoms with Gasteiger partial charge in [0.05, 0.1) is 32.9 Å². The first-order valence-corrected chi connectivity index (χ1v) is 11.8. The molecule has 0 saturated carbocycles. The van der Waals surface area contributed by atoms with E-state index < -0.39 is 5.97 Å². The Kier molecular flexibility index (Phi) is 9.19. The van der Waals surface area contributed by atoms with Gasteiger partial charge in [0.25, 0.3) is 0 Å². The van der Waals surface area contributed by atoms with Crippen LogP contribution >= 0.6 is 11.3 Å². The highest BCUT2D eigenvalue weighted by Crippen LogP contribution is 2.29. The van der Waals surface area contributed by atoms with Crippen LogP contribution in [0.2, 0.25) is 0 Å². The number of aromatic nitrogens is 1. The molecular formula is C25H27N3O6S. The molecule has 0 unspecified atom stereocenters. The Morgan fingerprint density at radius 2 is 1.83 bits per heavy atom. The zero-order valence-corrected chi connectivity index (χ0v) is 20.6. The molecule has 0 atom stereocenters. The van der Waals surface area contributed by atoms with Crippen LogP contribution in [-0.4, -0.2) is 43.6 Å². The molecule has 2 aromatic carbocycles. The maximum Gasteiger partial charge on any atom is 0.338 e. The average molecular weight is 498 g/mol. The lowest BCUT2D eigenvalue weighted by Crippen LogP contribution is -2.31. The quantitative estimate of drug-likeness (QED) is 0.394. The third-order valence-electron chi connectivity index (χ3n) is 4.96. The minimum absolute atomic E-state index is 0.0176. The summed E-state index contributed by atoms with van der Waals surface area (Å²) in [6.45, 7) is 2.24. The van der Waals surface area contributed by atoms with Gasteiger partial charge in [0, 0.05) is 30.1 Å². The maximum absolute atomic E-state index is 13.1. The predicted molar refractivity (Wildman–Crippen MR) is 133 cm³/mol. The van der Waals surface area contributed by atoms with Gasteiger partial charge in [-0.25, -0.2) is 9.78 Å². The Hall–Kier alpha value is -3.92. The molecule has 0 aliphatic rings. The lowest BCUT2D eigenvalue weighted by molar-refractivity contribution is -0.122. The second kappa shape index (κ2) is 12.5. The highest BCUT2D eigenvalue weighted by atomic mass is 32.1. The summed E-state index contributed by atoms with van der Waals surface area (Å²) in [5, 5.41) is 5.04. The van der Waals surface area contributed by atoms with Gasteiger partial charge in [0.15, 0.2) is 16.6 Å². The van der Waals surface area contributed by atoms with Gasteiger partial charge < -0.3 is 19.5 Å². The third kappa shape index (κ3) is 7.03. The number of rotatable bonds is 11. The van der Waals surface area contributed by atoms with E-state index >= 15 is 0 Å². The molecule has 0 aliphatic heterocycles. The molecule has 0 aliphatic carbocycles. The number of benzene rings is 2. The van der Waals surface area contributed by atoms with Crippen molar-refractivity contribution in [2.45, 2.75) is 26.3 Å². The van der Waals surface area contributed by atoms with Gasteiger partial charge in [-0.15, -0.1) is 11.3 Å². The summed E-state index contributed by atoms with van der Waals surface area (Å²) in [6, 6.07) is 11.9. The highest BCUT2D eigenvalue weighted by molar-refractivity contribution is 7.13. The van der Waals surface area contributed by atoms with Gasteiger partial charge in [-0.1, -0.05) is 12.1 Å². The Balaban J connectivity index is 1.65. The van der Waals surface area contributed by atoms with E-state index in [0.717, 1.165) is 5.56 Å². The number of ether oxygens (including phenoxy) is 3. The molecule has 9 nitrogen and oxygen atoms in total. The molecule has 35 heavy (non-hydrogen) atoms. The van der Waals surface area contributed by atoms with E-state index in [1.165, 1.54) is 17.4 Å². The number of hydrogen-bond donors (Lipinski definition) is 1.